The van der Waals surface area contributed by atoms with Crippen LogP contribution in [0.1, 0.15) is 61.7 Å². The summed E-state index contributed by atoms with van der Waals surface area (Å²) >= 11 is 8.97. The maximum Gasteiger partial charge on any atom is 0.172 e. The Morgan fingerprint density at radius 3 is 2.29 bits per heavy atom. The third-order valence-electron chi connectivity index (χ3n) is 5.10. The van der Waals surface area contributed by atoms with Crippen molar-refractivity contribution in [1.29, 1.82) is 0 Å². The van der Waals surface area contributed by atoms with Crippen molar-refractivity contribution in [3.05, 3.63) is 81.3 Å². The van der Waals surface area contributed by atoms with Crippen LogP contribution in [0.15, 0.2) is 75.1 Å². The fourth-order valence-corrected chi connectivity index (χ4v) is 5.52. The second-order valence-electron chi connectivity index (χ2n) is 7.79. The second kappa shape index (κ2) is 12.8. The Balaban J connectivity index is 2.42. The summed E-state index contributed by atoms with van der Waals surface area (Å²) in [5.74, 6) is -0.173. The number of halogens is 2. The second-order valence-corrected chi connectivity index (χ2v) is 11.3. The molecule has 31 heavy (non-hydrogen) atoms. The summed E-state index contributed by atoms with van der Waals surface area (Å²) in [5.41, 5.74) is 2.90. The van der Waals surface area contributed by atoms with Crippen molar-refractivity contribution < 1.29 is 4.79 Å². The number of aliphatic imine (C=N–C) groups is 1. The minimum atomic E-state index is -0.273. The largest absolute Gasteiger partial charge is 0.293 e. The van der Waals surface area contributed by atoms with Gasteiger partial charge in [-0.2, -0.15) is 0 Å². The fourth-order valence-electron chi connectivity index (χ4n) is 3.52. The zero-order valence-electron chi connectivity index (χ0n) is 18.6. The van der Waals surface area contributed by atoms with Crippen LogP contribution in [-0.4, -0.2) is 22.8 Å². The van der Waals surface area contributed by atoms with Gasteiger partial charge >= 0.3 is 0 Å². The van der Waals surface area contributed by atoms with Crippen molar-refractivity contribution in [2.75, 3.05) is 0 Å². The van der Waals surface area contributed by atoms with Gasteiger partial charge in [-0.15, -0.1) is 18.3 Å². The number of nitrogens with zero attached hydrogens (tertiary/aromatic N) is 1. The molecule has 0 aliphatic heterocycles. The molecule has 2 rings (SSSR count). The number of carbonyl (C=O) groups excluding carboxylic acids is 1. The van der Waals surface area contributed by atoms with Crippen molar-refractivity contribution >= 4 is 55.1 Å². The third-order valence-corrected chi connectivity index (χ3v) is 7.75. The summed E-state index contributed by atoms with van der Waals surface area (Å²) in [6.07, 6.45) is 3.44. The van der Waals surface area contributed by atoms with Gasteiger partial charge in [0, 0.05) is 20.2 Å². The van der Waals surface area contributed by atoms with Crippen molar-refractivity contribution in [2.24, 2.45) is 10.9 Å². The van der Waals surface area contributed by atoms with E-state index < -0.39 is 0 Å². The molecule has 166 valence electrons. The number of Topliss-reactive ketones (excluding diaryl/α,β-unsaturated/α-hetero) is 1. The Kier molecular flexibility index (Phi) is 10.7. The van der Waals surface area contributed by atoms with E-state index >= 15 is 0 Å². The number of ketones is 1. The molecule has 3 atom stereocenters. The Hall–Kier alpha value is -1.17. The predicted molar refractivity (Wildman–Crippen MR) is 144 cm³/mol. The molecule has 0 N–H and O–H groups in total. The molecule has 3 unspecified atom stereocenters. The van der Waals surface area contributed by atoms with Crippen molar-refractivity contribution in [1.82, 2.24) is 0 Å². The molecule has 0 fully saturated rings. The number of hydrogen-bond acceptors (Lipinski definition) is 3. The maximum absolute atomic E-state index is 13.2. The van der Waals surface area contributed by atoms with Crippen LogP contribution < -0.4 is 0 Å². The van der Waals surface area contributed by atoms with Crippen LogP contribution in [0.3, 0.4) is 0 Å². The van der Waals surface area contributed by atoms with E-state index in [0.717, 1.165) is 27.5 Å². The highest BCUT2D eigenvalue weighted by Crippen LogP contribution is 2.39. The molecule has 0 radical (unpaired) electrons. The summed E-state index contributed by atoms with van der Waals surface area (Å²) < 4.78 is 1.89. The number of rotatable bonds is 11. The monoisotopic (exact) mass is 563 g/mol. The highest BCUT2D eigenvalue weighted by Gasteiger charge is 2.27. The van der Waals surface area contributed by atoms with Gasteiger partial charge in [-0.25, -0.2) is 0 Å². The van der Waals surface area contributed by atoms with Gasteiger partial charge < -0.3 is 0 Å². The summed E-state index contributed by atoms with van der Waals surface area (Å²) in [6, 6.07) is 16.1. The molecule has 0 bridgehead atoms. The van der Waals surface area contributed by atoms with Gasteiger partial charge in [0.1, 0.15) is 0 Å². The molecule has 0 aliphatic rings. The van der Waals surface area contributed by atoms with Crippen LogP contribution in [0.4, 0.5) is 0 Å². The van der Waals surface area contributed by atoms with Crippen LogP contribution in [0.5, 0.6) is 0 Å². The molecule has 0 heterocycles. The van der Waals surface area contributed by atoms with E-state index in [1.54, 1.807) is 0 Å². The highest BCUT2D eigenvalue weighted by molar-refractivity contribution is 9.10. The minimum absolute atomic E-state index is 0.0236. The molecule has 2 aromatic rings. The van der Waals surface area contributed by atoms with E-state index in [-0.39, 0.29) is 23.0 Å². The number of carbonyl (C=O) groups is 1. The van der Waals surface area contributed by atoms with Crippen LogP contribution in [-0.2, 0) is 0 Å². The lowest BCUT2D eigenvalue weighted by molar-refractivity contribution is 0.0960. The number of thioether (sulfide) groups is 1. The lowest BCUT2D eigenvalue weighted by Gasteiger charge is -2.27. The molecular formula is C26H31Br2NOS. The van der Waals surface area contributed by atoms with Crippen molar-refractivity contribution in [3.63, 3.8) is 0 Å². The standard InChI is InChI=1S/C26H31Br2NOS/c1-6-10-24(26(31-17(3)4)19-13-15-20(27)16-14-19)29-23(7-2)18(5)25(30)21-11-8-9-12-22(21)28/h6,8-9,11-18,24,26H,1,7,10H2,2-5H3. The lowest BCUT2D eigenvalue weighted by Crippen LogP contribution is -2.25. The normalized spacial score (nSPS) is 14.9. The van der Waals surface area contributed by atoms with Gasteiger partial charge in [-0.3, -0.25) is 9.79 Å². The van der Waals surface area contributed by atoms with E-state index in [4.69, 9.17) is 4.99 Å². The van der Waals surface area contributed by atoms with Gasteiger partial charge in [-0.05, 0) is 48.8 Å². The quantitative estimate of drug-likeness (QED) is 0.155. The van der Waals surface area contributed by atoms with Crippen molar-refractivity contribution in [2.45, 2.75) is 57.1 Å². The van der Waals surface area contributed by atoms with E-state index in [2.05, 4.69) is 83.5 Å². The minimum Gasteiger partial charge on any atom is -0.293 e. The van der Waals surface area contributed by atoms with Gasteiger partial charge in [0.2, 0.25) is 0 Å². The van der Waals surface area contributed by atoms with Crippen molar-refractivity contribution in [3.8, 4) is 0 Å². The Bertz CT molecular complexity index is 908. The predicted octanol–water partition coefficient (Wildman–Crippen LogP) is 8.71. The van der Waals surface area contributed by atoms with Gasteiger partial charge in [0.05, 0.1) is 17.2 Å². The molecule has 0 aliphatic carbocycles. The first kappa shape index (κ1) is 26.1. The molecule has 0 amide bonds. The zero-order valence-corrected chi connectivity index (χ0v) is 22.6. The number of hydrogen-bond donors (Lipinski definition) is 0. The molecule has 0 saturated heterocycles. The lowest BCUT2D eigenvalue weighted by atomic mass is 9.92. The van der Waals surface area contributed by atoms with E-state index in [1.165, 1.54) is 5.56 Å². The summed E-state index contributed by atoms with van der Waals surface area (Å²) in [4.78, 5) is 18.4. The molecule has 5 heteroatoms. The first-order valence-corrected chi connectivity index (χ1v) is 13.2. The summed E-state index contributed by atoms with van der Waals surface area (Å²) in [6.45, 7) is 12.5. The van der Waals surface area contributed by atoms with E-state index in [1.807, 2.05) is 49.0 Å². The Labute approximate surface area is 208 Å². The first-order chi connectivity index (χ1) is 14.8. The molecular weight excluding hydrogens is 534 g/mol. The average Bonchev–Trinajstić information content (AvgIpc) is 2.75. The van der Waals surface area contributed by atoms with Crippen LogP contribution in [0.25, 0.3) is 0 Å². The average molecular weight is 565 g/mol. The topological polar surface area (TPSA) is 29.4 Å². The zero-order chi connectivity index (χ0) is 23.0. The van der Waals surface area contributed by atoms with Gasteiger partial charge in [0.25, 0.3) is 0 Å². The van der Waals surface area contributed by atoms with Crippen LogP contribution >= 0.6 is 43.6 Å². The Morgan fingerprint density at radius 1 is 1.10 bits per heavy atom. The van der Waals surface area contributed by atoms with E-state index in [9.17, 15) is 4.79 Å². The summed E-state index contributed by atoms with van der Waals surface area (Å²) in [7, 11) is 0. The Morgan fingerprint density at radius 2 is 1.74 bits per heavy atom. The smallest absolute Gasteiger partial charge is 0.172 e. The fraction of sp³-hybridized carbons (Fsp3) is 0.385. The molecule has 2 nitrogen and oxygen atoms in total. The molecule has 0 aromatic heterocycles. The molecule has 2 aromatic carbocycles. The maximum atomic E-state index is 13.2. The first-order valence-electron chi connectivity index (χ1n) is 10.7. The third kappa shape index (κ3) is 7.44. The van der Waals surface area contributed by atoms with Crippen LogP contribution in [0.2, 0.25) is 0 Å². The van der Waals surface area contributed by atoms with E-state index in [0.29, 0.717) is 10.8 Å². The van der Waals surface area contributed by atoms with Gasteiger partial charge in [0.15, 0.2) is 5.78 Å². The molecule has 0 saturated carbocycles. The molecule has 0 spiro atoms. The number of benzene rings is 2. The SMILES string of the molecule is C=CCC(N=C(CC)C(C)C(=O)c1ccccc1Br)C(SC(C)C)c1ccc(Br)cc1. The van der Waals surface area contributed by atoms with Gasteiger partial charge in [-0.1, -0.05) is 89.0 Å². The highest BCUT2D eigenvalue weighted by atomic mass is 79.9. The summed E-state index contributed by atoms with van der Waals surface area (Å²) in [5, 5.41) is 0.652. The van der Waals surface area contributed by atoms with Crippen LogP contribution in [0, 0.1) is 5.92 Å².